The van der Waals surface area contributed by atoms with Crippen LogP contribution in [0.3, 0.4) is 0 Å². The van der Waals surface area contributed by atoms with Crippen molar-refractivity contribution in [1.29, 1.82) is 0 Å². The standard InChI is InChI=1S/C21H29F3N2O5.C20H27F3N2O5/c1-13(18(28)30-6)26(5)17(27)16(25-19(29)31-20(2,3)4)11-10-14-8-7-9-15(12-14)21(22,23)24;1-12(17(27)28)25(5)16(26)15(24-18(29)30-19(2,3)4)10-9-13-7-6-8-14(11-13)20(21,22)23/h7-9,12-13,16H,10-11H2,1-6H3,(H,25,29);6-8,11-12,15H,9-10H2,1-5H3,(H,24,29)(H,27,28)/t13-,16+;12-,15+/m00/s1. The topological polar surface area (TPSA) is 181 Å². The Balaban J connectivity index is 0.000000610. The molecular formula is C41H56F6N4O10. The molecule has 3 N–H and O–H groups in total. The highest BCUT2D eigenvalue weighted by atomic mass is 19.4. The molecule has 0 fully saturated rings. The van der Waals surface area contributed by atoms with Crippen molar-refractivity contribution >= 4 is 35.9 Å². The zero-order valence-electron chi connectivity index (χ0n) is 36.0. The summed E-state index contributed by atoms with van der Waals surface area (Å²) in [6.07, 6.45) is -10.7. The monoisotopic (exact) mass is 878 g/mol. The SMILES string of the molecule is COC(=O)[C@H](C)N(C)C(=O)[C@@H](CCc1cccc(C(F)(F)F)c1)NC(=O)OC(C)(C)C.C[C@@H](C(=O)O)N(C)C(=O)[C@@H](CCc1cccc(C(F)(F)F)c1)NC(=O)OC(C)(C)C. The maximum absolute atomic E-state index is 13.0. The summed E-state index contributed by atoms with van der Waals surface area (Å²) in [6, 6.07) is 5.00. The van der Waals surface area contributed by atoms with Crippen LogP contribution in [0.1, 0.15) is 90.5 Å². The number of hydrogen-bond acceptors (Lipinski definition) is 9. The summed E-state index contributed by atoms with van der Waals surface area (Å²) in [6.45, 7) is 12.6. The lowest BCUT2D eigenvalue weighted by Gasteiger charge is -2.29. The smallest absolute Gasteiger partial charge is 0.416 e. The minimum Gasteiger partial charge on any atom is -0.480 e. The number of aliphatic carboxylic acids is 1. The zero-order valence-corrected chi connectivity index (χ0v) is 36.0. The Bertz CT molecular complexity index is 1830. The van der Waals surface area contributed by atoms with Crippen molar-refractivity contribution in [3.63, 3.8) is 0 Å². The van der Waals surface area contributed by atoms with Gasteiger partial charge in [0.2, 0.25) is 11.8 Å². The van der Waals surface area contributed by atoms with E-state index in [0.717, 1.165) is 34.1 Å². The number of ether oxygens (including phenoxy) is 3. The van der Waals surface area contributed by atoms with Gasteiger partial charge in [-0.1, -0.05) is 36.4 Å². The number of hydrogen-bond donors (Lipinski definition) is 3. The molecule has 0 aliphatic rings. The molecule has 2 aromatic rings. The van der Waals surface area contributed by atoms with Crippen molar-refractivity contribution in [2.45, 2.75) is 129 Å². The predicted octanol–water partition coefficient (Wildman–Crippen LogP) is 7.01. The minimum absolute atomic E-state index is 0.00236. The second-order valence-electron chi connectivity index (χ2n) is 16.0. The summed E-state index contributed by atoms with van der Waals surface area (Å²) >= 11 is 0. The summed E-state index contributed by atoms with van der Waals surface area (Å²) in [4.78, 5) is 75.0. The van der Waals surface area contributed by atoms with Crippen LogP contribution in [0.2, 0.25) is 0 Å². The van der Waals surface area contributed by atoms with Crippen LogP contribution in [0.4, 0.5) is 35.9 Å². The van der Waals surface area contributed by atoms with Gasteiger partial charge in [-0.25, -0.2) is 19.2 Å². The number of methoxy groups -OCH3 is 1. The van der Waals surface area contributed by atoms with E-state index in [0.29, 0.717) is 11.1 Å². The van der Waals surface area contributed by atoms with Crippen molar-refractivity contribution in [2.75, 3.05) is 21.2 Å². The third-order valence-electron chi connectivity index (χ3n) is 8.69. The number of alkyl carbamates (subject to hydrolysis) is 2. The molecule has 2 aromatic carbocycles. The first-order valence-corrected chi connectivity index (χ1v) is 18.9. The fourth-order valence-electron chi connectivity index (χ4n) is 5.21. The lowest BCUT2D eigenvalue weighted by atomic mass is 10.0. The molecule has 4 atom stereocenters. The Morgan fingerprint density at radius 1 is 0.639 bits per heavy atom. The summed E-state index contributed by atoms with van der Waals surface area (Å²) in [5.74, 6) is -3.18. The van der Waals surface area contributed by atoms with Gasteiger partial charge in [0, 0.05) is 14.1 Å². The van der Waals surface area contributed by atoms with Crippen LogP contribution in [0.25, 0.3) is 0 Å². The molecule has 14 nitrogen and oxygen atoms in total. The van der Waals surface area contributed by atoms with Crippen molar-refractivity contribution in [1.82, 2.24) is 20.4 Å². The van der Waals surface area contributed by atoms with Gasteiger partial charge in [0.05, 0.1) is 18.2 Å². The normalized spacial score (nSPS) is 13.8. The number of amides is 4. The highest BCUT2D eigenvalue weighted by molar-refractivity contribution is 5.90. The Morgan fingerprint density at radius 2 is 0.984 bits per heavy atom. The number of nitrogens with zero attached hydrogens (tertiary/aromatic N) is 2. The third-order valence-corrected chi connectivity index (χ3v) is 8.69. The first kappa shape index (κ1) is 53.5. The number of aryl methyl sites for hydroxylation is 2. The second-order valence-corrected chi connectivity index (χ2v) is 16.0. The zero-order chi connectivity index (χ0) is 47.3. The molecule has 61 heavy (non-hydrogen) atoms. The van der Waals surface area contributed by atoms with Gasteiger partial charge in [0.1, 0.15) is 35.4 Å². The molecule has 0 saturated heterocycles. The number of carbonyl (C=O) groups excluding carboxylic acids is 5. The Labute approximate surface area is 351 Å². The van der Waals surface area contributed by atoms with E-state index in [1.807, 2.05) is 0 Å². The summed E-state index contributed by atoms with van der Waals surface area (Å²) in [5.41, 5.74) is -2.60. The van der Waals surface area contributed by atoms with Gasteiger partial charge in [0.15, 0.2) is 0 Å². The molecule has 2 rings (SSSR count). The van der Waals surface area contributed by atoms with Gasteiger partial charge in [-0.05, 0) is 104 Å². The number of carbonyl (C=O) groups is 6. The van der Waals surface area contributed by atoms with Crippen LogP contribution in [-0.2, 0) is 58.6 Å². The fourth-order valence-corrected chi connectivity index (χ4v) is 5.21. The van der Waals surface area contributed by atoms with E-state index < -0.39 is 94.8 Å². The maximum atomic E-state index is 13.0. The minimum atomic E-state index is -4.50. The van der Waals surface area contributed by atoms with Gasteiger partial charge in [0.25, 0.3) is 0 Å². The molecule has 0 heterocycles. The Hall–Kier alpha value is -5.56. The summed E-state index contributed by atoms with van der Waals surface area (Å²) in [7, 11) is 3.83. The molecule has 0 radical (unpaired) electrons. The molecule has 20 heteroatoms. The first-order chi connectivity index (χ1) is 27.8. The van der Waals surface area contributed by atoms with E-state index in [4.69, 9.17) is 14.6 Å². The van der Waals surface area contributed by atoms with E-state index in [2.05, 4.69) is 15.4 Å². The van der Waals surface area contributed by atoms with E-state index in [1.54, 1.807) is 41.5 Å². The quantitative estimate of drug-likeness (QED) is 0.101. The summed E-state index contributed by atoms with van der Waals surface area (Å²) in [5, 5.41) is 14.0. The number of likely N-dealkylation sites (N-methyl/N-ethyl adjacent to an activating group) is 2. The number of rotatable bonds is 14. The van der Waals surface area contributed by atoms with Gasteiger partial charge in [-0.15, -0.1) is 0 Å². The van der Waals surface area contributed by atoms with Gasteiger partial charge in [-0.3, -0.25) is 9.59 Å². The number of carboxylic acid groups (broad SMARTS) is 1. The number of halogens is 6. The van der Waals surface area contributed by atoms with Crippen molar-refractivity contribution in [2.24, 2.45) is 0 Å². The molecule has 0 unspecified atom stereocenters. The van der Waals surface area contributed by atoms with E-state index in [1.165, 1.54) is 59.3 Å². The van der Waals surface area contributed by atoms with Gasteiger partial charge >= 0.3 is 36.5 Å². The van der Waals surface area contributed by atoms with Crippen LogP contribution in [0.15, 0.2) is 48.5 Å². The van der Waals surface area contributed by atoms with E-state index in [9.17, 15) is 55.1 Å². The molecular weight excluding hydrogens is 822 g/mol. The van der Waals surface area contributed by atoms with Gasteiger partial charge in [-0.2, -0.15) is 26.3 Å². The van der Waals surface area contributed by atoms with Gasteiger partial charge < -0.3 is 39.8 Å². The number of alkyl halides is 6. The molecule has 0 spiro atoms. The molecule has 0 aliphatic heterocycles. The average Bonchev–Trinajstić information content (AvgIpc) is 3.14. The van der Waals surface area contributed by atoms with Crippen molar-refractivity contribution in [3.05, 3.63) is 70.8 Å². The Kier molecular flexibility index (Phi) is 19.6. The lowest BCUT2D eigenvalue weighted by molar-refractivity contribution is -0.151. The number of benzene rings is 2. The maximum Gasteiger partial charge on any atom is 0.416 e. The van der Waals surface area contributed by atoms with E-state index in [-0.39, 0.29) is 25.7 Å². The fraction of sp³-hybridized carbons (Fsp3) is 0.561. The molecule has 0 aromatic heterocycles. The second kappa shape index (κ2) is 22.3. The van der Waals surface area contributed by atoms with Crippen LogP contribution in [-0.4, -0.2) is 107 Å². The average molecular weight is 879 g/mol. The molecule has 4 amide bonds. The number of carboxylic acids is 1. The van der Waals surface area contributed by atoms with Crippen LogP contribution in [0.5, 0.6) is 0 Å². The van der Waals surface area contributed by atoms with Crippen molar-refractivity contribution in [3.8, 4) is 0 Å². The van der Waals surface area contributed by atoms with Crippen LogP contribution in [0, 0.1) is 0 Å². The Morgan fingerprint density at radius 3 is 1.28 bits per heavy atom. The highest BCUT2D eigenvalue weighted by Crippen LogP contribution is 2.31. The van der Waals surface area contributed by atoms with Crippen LogP contribution >= 0.6 is 0 Å². The predicted molar refractivity (Wildman–Crippen MR) is 210 cm³/mol. The number of nitrogens with one attached hydrogen (secondary N) is 2. The third kappa shape index (κ3) is 19.1. The molecule has 0 saturated carbocycles. The molecule has 0 bridgehead atoms. The van der Waals surface area contributed by atoms with Crippen molar-refractivity contribution < 1.29 is 74.4 Å². The summed E-state index contributed by atoms with van der Waals surface area (Å²) < 4.78 is 92.5. The highest BCUT2D eigenvalue weighted by Gasteiger charge is 2.34. The lowest BCUT2D eigenvalue weighted by Crippen LogP contribution is -2.52. The molecule has 342 valence electrons. The molecule has 0 aliphatic carbocycles. The van der Waals surface area contributed by atoms with E-state index >= 15 is 0 Å². The number of esters is 1. The van der Waals surface area contributed by atoms with Crippen LogP contribution < -0.4 is 10.6 Å². The first-order valence-electron chi connectivity index (χ1n) is 18.9. The largest absolute Gasteiger partial charge is 0.480 e.